The Labute approximate surface area is 309 Å². The van der Waals surface area contributed by atoms with E-state index in [2.05, 4.69) is 6.07 Å². The third-order valence-electron chi connectivity index (χ3n) is 10.7. The lowest BCUT2D eigenvalue weighted by Crippen LogP contribution is -2.69. The topological polar surface area (TPSA) is 169 Å². The van der Waals surface area contributed by atoms with Crippen LogP contribution in [0.5, 0.6) is 17.2 Å². The molecule has 13 nitrogen and oxygen atoms in total. The fourth-order valence-electron chi connectivity index (χ4n) is 8.19. The lowest BCUT2D eigenvalue weighted by atomic mass is 9.81. The highest BCUT2D eigenvalue weighted by Gasteiger charge is 2.74. The Hall–Kier alpha value is -4.39. The first-order valence-corrected chi connectivity index (χ1v) is 19.4. The van der Waals surface area contributed by atoms with Gasteiger partial charge >= 0.3 is 6.09 Å². The van der Waals surface area contributed by atoms with E-state index in [4.69, 9.17) is 38.9 Å². The first-order valence-electron chi connectivity index (χ1n) is 18.0. The van der Waals surface area contributed by atoms with Gasteiger partial charge in [-0.2, -0.15) is 5.26 Å². The summed E-state index contributed by atoms with van der Waals surface area (Å²) in [6.45, 7) is 5.90. The molecule has 282 valence electrons. The monoisotopic (exact) mass is 747 g/mol. The molecule has 0 saturated carbocycles. The van der Waals surface area contributed by atoms with E-state index < -0.39 is 44.5 Å². The summed E-state index contributed by atoms with van der Waals surface area (Å²) in [5.74, 6) is 1.16. The van der Waals surface area contributed by atoms with Gasteiger partial charge in [0.1, 0.15) is 29.7 Å². The Morgan fingerprint density at radius 3 is 2.58 bits per heavy atom. The molecule has 4 aliphatic rings. The van der Waals surface area contributed by atoms with Crippen LogP contribution in [0.25, 0.3) is 0 Å². The largest absolute Gasteiger partial charge is 0.489 e. The maximum absolute atomic E-state index is 15.4. The predicted octanol–water partition coefficient (Wildman–Crippen LogP) is 5.43. The highest BCUT2D eigenvalue weighted by molar-refractivity contribution is 7.92. The van der Waals surface area contributed by atoms with Crippen molar-refractivity contribution in [1.82, 2.24) is 4.90 Å². The second-order valence-electron chi connectivity index (χ2n) is 14.4. The normalized spacial score (nSPS) is 27.0. The smallest absolute Gasteiger partial charge is 0.413 e. The first kappa shape index (κ1) is 36.9. The summed E-state index contributed by atoms with van der Waals surface area (Å²) >= 11 is 0. The number of sulfone groups is 1. The van der Waals surface area contributed by atoms with Gasteiger partial charge in [0.2, 0.25) is 21.6 Å². The number of benzene rings is 3. The van der Waals surface area contributed by atoms with Crippen LogP contribution in [-0.2, 0) is 41.8 Å². The fraction of sp³-hybridized carbons (Fsp3) is 0.487. The molecule has 3 fully saturated rings. The number of carbonyl (C=O) groups is 1. The van der Waals surface area contributed by atoms with Gasteiger partial charge < -0.3 is 38.9 Å². The molecule has 3 aromatic rings. The highest BCUT2D eigenvalue weighted by Crippen LogP contribution is 2.56. The number of fused-ring (bicyclic) bond motifs is 2. The molecule has 3 aromatic carbocycles. The van der Waals surface area contributed by atoms with E-state index in [1.165, 1.54) is 17.0 Å². The third kappa shape index (κ3) is 6.48. The van der Waals surface area contributed by atoms with Crippen LogP contribution in [0.2, 0.25) is 0 Å². The second kappa shape index (κ2) is 14.4. The second-order valence-corrected chi connectivity index (χ2v) is 16.5. The molecule has 0 unspecified atom stereocenters. The van der Waals surface area contributed by atoms with Gasteiger partial charge in [0, 0.05) is 19.0 Å². The maximum Gasteiger partial charge on any atom is 0.413 e. The predicted molar refractivity (Wildman–Crippen MR) is 190 cm³/mol. The molecule has 2 N–H and O–H groups in total. The van der Waals surface area contributed by atoms with Crippen molar-refractivity contribution in [2.75, 3.05) is 26.6 Å². The summed E-state index contributed by atoms with van der Waals surface area (Å²) in [5, 5.41) is 9.26. The Balaban J connectivity index is 1.29. The molecule has 5 atom stereocenters. The molecule has 4 aliphatic heterocycles. The van der Waals surface area contributed by atoms with Crippen LogP contribution in [0.15, 0.2) is 71.6 Å². The van der Waals surface area contributed by atoms with Crippen molar-refractivity contribution >= 4 is 15.9 Å². The summed E-state index contributed by atoms with van der Waals surface area (Å²) in [5.41, 5.74) is 5.73. The standard InChI is InChI=1S/C39H45N3O10S/c1-4-5-16-39(53(44,45)30-13-14-32-33(19-30)50-25-49-32)38(24-41,20-26-9-11-29(12-10-26)47-22-28-8-6-7-27(18-28)21-40)42(37(2,3)52-39)36(43)51-34-23-48-35-31(34)15-17-46-35/h6-14,18-19,31,34-35H,4-5,15-17,20,22-25,41H2,1-3H3/t31-,34-,35+,38-,39+/m0/s1. The minimum Gasteiger partial charge on any atom is -0.489 e. The zero-order valence-electron chi connectivity index (χ0n) is 30.1. The molecular weight excluding hydrogens is 703 g/mol. The summed E-state index contributed by atoms with van der Waals surface area (Å²) in [6, 6.07) is 21.0. The quantitative estimate of drug-likeness (QED) is 0.250. The highest BCUT2D eigenvalue weighted by atomic mass is 32.2. The Morgan fingerprint density at radius 1 is 1.04 bits per heavy atom. The number of amides is 1. The van der Waals surface area contributed by atoms with Gasteiger partial charge in [0.25, 0.3) is 0 Å². The maximum atomic E-state index is 15.4. The van der Waals surface area contributed by atoms with E-state index in [0.29, 0.717) is 54.2 Å². The summed E-state index contributed by atoms with van der Waals surface area (Å²) in [4.78, 5) is 14.0. The van der Waals surface area contributed by atoms with Crippen molar-refractivity contribution < 1.29 is 46.4 Å². The number of ether oxygens (including phenoxy) is 7. The number of hydrogen-bond acceptors (Lipinski definition) is 12. The van der Waals surface area contributed by atoms with Crippen LogP contribution in [-0.4, -0.2) is 74.6 Å². The zero-order chi connectivity index (χ0) is 37.4. The van der Waals surface area contributed by atoms with E-state index in [1.54, 1.807) is 50.2 Å². The van der Waals surface area contributed by atoms with Gasteiger partial charge in [0.05, 0.1) is 35.7 Å². The van der Waals surface area contributed by atoms with Gasteiger partial charge in [-0.1, -0.05) is 37.6 Å². The number of nitrogens with two attached hydrogens (primary N) is 1. The van der Waals surface area contributed by atoms with Crippen LogP contribution in [0.3, 0.4) is 0 Å². The van der Waals surface area contributed by atoms with Crippen molar-refractivity contribution in [2.45, 2.75) is 93.0 Å². The van der Waals surface area contributed by atoms with Crippen LogP contribution in [0.4, 0.5) is 4.79 Å². The molecule has 0 bridgehead atoms. The molecule has 3 saturated heterocycles. The number of unbranched alkanes of at least 4 members (excludes halogenated alkanes) is 1. The van der Waals surface area contributed by atoms with E-state index in [1.807, 2.05) is 25.1 Å². The van der Waals surface area contributed by atoms with Crippen LogP contribution < -0.4 is 19.9 Å². The molecular formula is C39H45N3O10S. The van der Waals surface area contributed by atoms with E-state index in [-0.39, 0.29) is 50.2 Å². The molecule has 4 heterocycles. The van der Waals surface area contributed by atoms with Gasteiger partial charge in [0.15, 0.2) is 17.8 Å². The SMILES string of the molecule is CCCC[C@]1(S(=O)(=O)c2ccc3c(c2)OCO3)OC(C)(C)N(C(=O)O[C@H]2CO[C@H]3OCC[C@H]32)[C@]1(CN)Cc1ccc(OCc2cccc(C#N)c2)cc1. The first-order chi connectivity index (χ1) is 25.5. The molecule has 0 aromatic heterocycles. The number of nitriles is 1. The number of carbonyl (C=O) groups excluding carboxylic acids is 1. The lowest BCUT2D eigenvalue weighted by Gasteiger charge is -2.47. The third-order valence-corrected chi connectivity index (χ3v) is 13.1. The van der Waals surface area contributed by atoms with Gasteiger partial charge in [-0.05, 0) is 80.6 Å². The van der Waals surface area contributed by atoms with Crippen molar-refractivity contribution in [3.8, 4) is 23.3 Å². The summed E-state index contributed by atoms with van der Waals surface area (Å²) in [6.07, 6.45) is 0.0292. The lowest BCUT2D eigenvalue weighted by molar-refractivity contribution is -0.0922. The Morgan fingerprint density at radius 2 is 1.83 bits per heavy atom. The molecule has 0 spiro atoms. The van der Waals surface area contributed by atoms with Crippen LogP contribution in [0.1, 0.15) is 63.1 Å². The molecule has 0 aliphatic carbocycles. The van der Waals surface area contributed by atoms with Crippen molar-refractivity contribution in [2.24, 2.45) is 11.7 Å². The summed E-state index contributed by atoms with van der Waals surface area (Å²) in [7, 11) is -4.45. The van der Waals surface area contributed by atoms with Gasteiger partial charge in [-0.15, -0.1) is 0 Å². The zero-order valence-corrected chi connectivity index (χ0v) is 30.9. The molecule has 7 rings (SSSR count). The molecule has 53 heavy (non-hydrogen) atoms. The average Bonchev–Trinajstić information content (AvgIpc) is 3.94. The van der Waals surface area contributed by atoms with Crippen molar-refractivity contribution in [1.29, 1.82) is 5.26 Å². The number of rotatable bonds is 12. The minimum absolute atomic E-state index is 0.0103. The van der Waals surface area contributed by atoms with Gasteiger partial charge in [-0.3, -0.25) is 4.90 Å². The fourth-order valence-corrected chi connectivity index (χ4v) is 10.6. The molecule has 14 heteroatoms. The van der Waals surface area contributed by atoms with Gasteiger partial charge in [-0.25, -0.2) is 13.2 Å². The summed E-state index contributed by atoms with van der Waals surface area (Å²) < 4.78 is 72.3. The van der Waals surface area contributed by atoms with Crippen molar-refractivity contribution in [3.63, 3.8) is 0 Å². The van der Waals surface area contributed by atoms with E-state index in [0.717, 1.165) is 5.56 Å². The average molecular weight is 748 g/mol. The minimum atomic E-state index is -4.45. The Bertz CT molecular complexity index is 1980. The Kier molecular flexibility index (Phi) is 10.1. The van der Waals surface area contributed by atoms with E-state index in [9.17, 15) is 10.1 Å². The molecule has 0 radical (unpaired) electrons. The van der Waals surface area contributed by atoms with Crippen LogP contribution in [0, 0.1) is 17.2 Å². The number of nitrogens with zero attached hydrogens (tertiary/aromatic N) is 2. The van der Waals surface area contributed by atoms with E-state index >= 15 is 8.42 Å². The van der Waals surface area contributed by atoms with Crippen molar-refractivity contribution in [3.05, 3.63) is 83.4 Å². The molecule has 1 amide bonds. The number of hydrogen-bond donors (Lipinski definition) is 1. The van der Waals surface area contributed by atoms with Crippen LogP contribution >= 0.6 is 0 Å².